The average Bonchev–Trinajstić information content (AvgIpc) is 2.58. The molecule has 0 saturated heterocycles. The molecule has 0 spiro atoms. The Hall–Kier alpha value is -2.09. The molecule has 2 aromatic carbocycles. The maximum absolute atomic E-state index is 11.7. The molecule has 0 radical (unpaired) electrons. The Bertz CT molecular complexity index is 700. The summed E-state index contributed by atoms with van der Waals surface area (Å²) < 4.78 is 11.2. The molecule has 0 atom stereocenters. The third-order valence-corrected chi connectivity index (χ3v) is 3.83. The normalized spacial score (nSPS) is 10.1. The van der Waals surface area contributed by atoms with Gasteiger partial charge in [0, 0.05) is 9.26 Å². The Morgan fingerprint density at radius 1 is 1.08 bits per heavy atom. The van der Waals surface area contributed by atoms with E-state index >= 15 is 0 Å². The number of halogens is 1. The van der Waals surface area contributed by atoms with Crippen LogP contribution in [0.5, 0.6) is 5.75 Å². The van der Waals surface area contributed by atoms with Crippen molar-refractivity contribution in [1.29, 1.82) is 0 Å². The zero-order valence-electron chi connectivity index (χ0n) is 13.3. The van der Waals surface area contributed by atoms with E-state index in [4.69, 9.17) is 9.47 Å². The summed E-state index contributed by atoms with van der Waals surface area (Å²) in [7, 11) is 0. The van der Waals surface area contributed by atoms with Crippen LogP contribution >= 0.6 is 22.6 Å². The third-order valence-electron chi connectivity index (χ3n) is 3.16. The van der Waals surface area contributed by atoms with Gasteiger partial charge in [-0.1, -0.05) is 25.1 Å². The summed E-state index contributed by atoms with van der Waals surface area (Å²) in [6.07, 6.45) is 0.942. The smallest absolute Gasteiger partial charge is 0.344 e. The summed E-state index contributed by atoms with van der Waals surface area (Å²) in [5.74, 6) is -0.391. The molecule has 6 heteroatoms. The molecule has 0 aliphatic rings. The van der Waals surface area contributed by atoms with Crippen LogP contribution in [0.25, 0.3) is 0 Å². The van der Waals surface area contributed by atoms with Crippen molar-refractivity contribution in [2.24, 2.45) is 0 Å². The van der Waals surface area contributed by atoms with Gasteiger partial charge in [0.15, 0.2) is 13.2 Å². The molecule has 2 aromatic rings. The first kappa shape index (κ1) is 18.3. The van der Waals surface area contributed by atoms with Crippen LogP contribution in [0, 0.1) is 3.57 Å². The molecule has 1 amide bonds. The molecule has 0 fully saturated rings. The predicted molar refractivity (Wildman–Crippen MR) is 100 cm³/mol. The molecular weight excluding hydrogens is 421 g/mol. The summed E-state index contributed by atoms with van der Waals surface area (Å²) in [5.41, 5.74) is 1.85. The zero-order chi connectivity index (χ0) is 17.4. The van der Waals surface area contributed by atoms with Gasteiger partial charge in [-0.25, -0.2) is 4.79 Å². The van der Waals surface area contributed by atoms with Gasteiger partial charge in [-0.2, -0.15) is 0 Å². The molecule has 0 aliphatic heterocycles. The van der Waals surface area contributed by atoms with Gasteiger partial charge in [0.05, 0.1) is 0 Å². The molecule has 24 heavy (non-hydrogen) atoms. The topological polar surface area (TPSA) is 64.6 Å². The monoisotopic (exact) mass is 439 g/mol. The molecule has 1 N–H and O–H groups in total. The van der Waals surface area contributed by atoms with Crippen molar-refractivity contribution < 1.29 is 19.1 Å². The Kier molecular flexibility index (Phi) is 7.05. The number of aryl methyl sites for hydroxylation is 1. The van der Waals surface area contributed by atoms with Gasteiger partial charge < -0.3 is 14.8 Å². The van der Waals surface area contributed by atoms with Crippen LogP contribution in [-0.2, 0) is 20.7 Å². The highest BCUT2D eigenvalue weighted by Crippen LogP contribution is 2.13. The summed E-state index contributed by atoms with van der Waals surface area (Å²) in [6, 6.07) is 14.8. The molecule has 0 aromatic heterocycles. The number of nitrogens with one attached hydrogen (secondary N) is 1. The highest BCUT2D eigenvalue weighted by Gasteiger charge is 2.09. The Morgan fingerprint density at radius 3 is 2.50 bits per heavy atom. The van der Waals surface area contributed by atoms with E-state index in [2.05, 4.69) is 34.8 Å². The highest BCUT2D eigenvalue weighted by atomic mass is 127. The highest BCUT2D eigenvalue weighted by molar-refractivity contribution is 14.1. The molecule has 0 saturated carbocycles. The summed E-state index contributed by atoms with van der Waals surface area (Å²) >= 11 is 2.15. The molecule has 0 aliphatic carbocycles. The first-order valence-electron chi connectivity index (χ1n) is 7.49. The maximum atomic E-state index is 11.7. The van der Waals surface area contributed by atoms with Gasteiger partial charge in [0.2, 0.25) is 0 Å². The number of carbonyl (C=O) groups is 2. The molecule has 5 nitrogen and oxygen atoms in total. The minimum Gasteiger partial charge on any atom is -0.482 e. The number of esters is 1. The Balaban J connectivity index is 1.71. The van der Waals surface area contributed by atoms with Gasteiger partial charge in [-0.15, -0.1) is 0 Å². The molecule has 2 rings (SSSR count). The van der Waals surface area contributed by atoms with Crippen LogP contribution in [-0.4, -0.2) is 25.1 Å². The van der Waals surface area contributed by atoms with Gasteiger partial charge in [-0.3, -0.25) is 4.79 Å². The van der Waals surface area contributed by atoms with Crippen molar-refractivity contribution in [1.82, 2.24) is 0 Å². The second-order valence-electron chi connectivity index (χ2n) is 5.01. The standard InChI is InChI=1S/C18H18INO4/c1-2-13-6-8-16(9-7-13)23-12-18(22)24-11-17(21)20-15-5-3-4-14(19)10-15/h3-10H,2,11-12H2,1H3,(H,20,21). The number of rotatable bonds is 7. The van der Waals surface area contributed by atoms with E-state index in [1.807, 2.05) is 30.3 Å². The molecule has 126 valence electrons. The number of ether oxygens (including phenoxy) is 2. The van der Waals surface area contributed by atoms with Crippen molar-refractivity contribution >= 4 is 40.2 Å². The first-order chi connectivity index (χ1) is 11.6. The number of hydrogen-bond acceptors (Lipinski definition) is 4. The van der Waals surface area contributed by atoms with E-state index in [0.717, 1.165) is 9.99 Å². The van der Waals surface area contributed by atoms with Crippen molar-refractivity contribution in [3.63, 3.8) is 0 Å². The quantitative estimate of drug-likeness (QED) is 0.531. The van der Waals surface area contributed by atoms with E-state index in [9.17, 15) is 9.59 Å². The second-order valence-corrected chi connectivity index (χ2v) is 6.25. The van der Waals surface area contributed by atoms with Gasteiger partial charge >= 0.3 is 5.97 Å². The predicted octanol–water partition coefficient (Wildman–Crippen LogP) is 3.41. The SMILES string of the molecule is CCc1ccc(OCC(=O)OCC(=O)Nc2cccc(I)c2)cc1. The largest absolute Gasteiger partial charge is 0.482 e. The van der Waals surface area contributed by atoms with Crippen LogP contribution in [0.3, 0.4) is 0 Å². The van der Waals surface area contributed by atoms with Crippen LogP contribution in [0.1, 0.15) is 12.5 Å². The maximum Gasteiger partial charge on any atom is 0.344 e. The van der Waals surface area contributed by atoms with E-state index in [1.165, 1.54) is 5.56 Å². The van der Waals surface area contributed by atoms with E-state index in [0.29, 0.717) is 11.4 Å². The number of anilines is 1. The molecular formula is C18H18INO4. The number of amides is 1. The van der Waals surface area contributed by atoms with Crippen LogP contribution < -0.4 is 10.1 Å². The lowest BCUT2D eigenvalue weighted by Crippen LogP contribution is -2.23. The van der Waals surface area contributed by atoms with Crippen LogP contribution in [0.15, 0.2) is 48.5 Å². The first-order valence-corrected chi connectivity index (χ1v) is 8.57. The lowest BCUT2D eigenvalue weighted by molar-refractivity contribution is -0.149. The van der Waals surface area contributed by atoms with Gasteiger partial charge in [0.1, 0.15) is 5.75 Å². The van der Waals surface area contributed by atoms with Crippen molar-refractivity contribution in [3.05, 3.63) is 57.7 Å². The lowest BCUT2D eigenvalue weighted by Gasteiger charge is -2.08. The fourth-order valence-corrected chi connectivity index (χ4v) is 2.46. The minimum atomic E-state index is -0.590. The average molecular weight is 439 g/mol. The number of carbonyl (C=O) groups excluding carboxylic acids is 2. The van der Waals surface area contributed by atoms with Crippen molar-refractivity contribution in [3.8, 4) is 5.75 Å². The van der Waals surface area contributed by atoms with Crippen molar-refractivity contribution in [2.45, 2.75) is 13.3 Å². The third kappa shape index (κ3) is 6.19. The van der Waals surface area contributed by atoms with E-state index in [-0.39, 0.29) is 13.2 Å². The van der Waals surface area contributed by atoms with Crippen LogP contribution in [0.2, 0.25) is 0 Å². The summed E-state index contributed by atoms with van der Waals surface area (Å²) in [4.78, 5) is 23.4. The molecule has 0 unspecified atom stereocenters. The van der Waals surface area contributed by atoms with Gasteiger partial charge in [0.25, 0.3) is 5.91 Å². The Labute approximate surface area is 154 Å². The minimum absolute atomic E-state index is 0.234. The number of benzene rings is 2. The molecule has 0 bridgehead atoms. The fourth-order valence-electron chi connectivity index (χ4n) is 1.91. The summed E-state index contributed by atoms with van der Waals surface area (Å²) in [5, 5.41) is 2.66. The van der Waals surface area contributed by atoms with E-state index < -0.39 is 11.9 Å². The fraction of sp³-hybridized carbons (Fsp3) is 0.222. The van der Waals surface area contributed by atoms with Gasteiger partial charge in [-0.05, 0) is 64.9 Å². The summed E-state index contributed by atoms with van der Waals surface area (Å²) in [6.45, 7) is 1.49. The number of hydrogen-bond donors (Lipinski definition) is 1. The second kappa shape index (κ2) is 9.27. The van der Waals surface area contributed by atoms with Crippen LogP contribution in [0.4, 0.5) is 5.69 Å². The lowest BCUT2D eigenvalue weighted by atomic mass is 10.2. The zero-order valence-corrected chi connectivity index (χ0v) is 15.4. The molecule has 0 heterocycles. The Morgan fingerprint density at radius 2 is 1.83 bits per heavy atom. The van der Waals surface area contributed by atoms with Crippen molar-refractivity contribution in [2.75, 3.05) is 18.5 Å². The van der Waals surface area contributed by atoms with E-state index in [1.54, 1.807) is 18.2 Å².